The molecule has 0 bridgehead atoms. The van der Waals surface area contributed by atoms with Crippen LogP contribution in [0.1, 0.15) is 23.1 Å². The fraction of sp³-hybridized carbons (Fsp3) is 0.500. The number of nitrogens with zero attached hydrogens (tertiary/aromatic N) is 3. The second kappa shape index (κ2) is 7.03. The van der Waals surface area contributed by atoms with Crippen LogP contribution in [0.5, 0.6) is 11.5 Å². The number of rotatable bonds is 5. The Morgan fingerprint density at radius 3 is 2.60 bits per heavy atom. The van der Waals surface area contributed by atoms with Crippen LogP contribution in [0.4, 0.5) is 0 Å². The van der Waals surface area contributed by atoms with Gasteiger partial charge >= 0.3 is 0 Å². The van der Waals surface area contributed by atoms with Crippen molar-refractivity contribution in [3.05, 3.63) is 41.3 Å². The highest BCUT2D eigenvalue weighted by Gasteiger charge is 2.22. The normalized spacial score (nSPS) is 19.3. The van der Waals surface area contributed by atoms with Gasteiger partial charge < -0.3 is 19.1 Å². The summed E-state index contributed by atoms with van der Waals surface area (Å²) in [6, 6.07) is 7.62. The molecule has 1 saturated heterocycles. The molecule has 3 heterocycles. The fourth-order valence-corrected chi connectivity index (χ4v) is 3.32. The zero-order chi connectivity index (χ0) is 17.2. The highest BCUT2D eigenvalue weighted by atomic mass is 16.7. The van der Waals surface area contributed by atoms with E-state index in [0.717, 1.165) is 55.5 Å². The lowest BCUT2D eigenvalue weighted by atomic mass is 10.1. The Hall–Kier alpha value is -2.09. The van der Waals surface area contributed by atoms with Crippen molar-refractivity contribution in [3.8, 4) is 11.5 Å². The number of aliphatic hydroxyl groups excluding tert-OH is 1. The van der Waals surface area contributed by atoms with Crippen LogP contribution in [-0.2, 0) is 6.54 Å². The van der Waals surface area contributed by atoms with Gasteiger partial charge in [0.1, 0.15) is 5.76 Å². The summed E-state index contributed by atoms with van der Waals surface area (Å²) in [5.74, 6) is 2.30. The van der Waals surface area contributed by atoms with Crippen molar-refractivity contribution in [3.63, 3.8) is 0 Å². The van der Waals surface area contributed by atoms with Crippen LogP contribution in [-0.4, -0.2) is 59.6 Å². The van der Waals surface area contributed by atoms with Gasteiger partial charge in [0.25, 0.3) is 0 Å². The standard InChI is InChI=1S/C18H23N3O4/c1-13-8-15(19-25-13)10-20-4-6-21(7-5-20)11-16(22)14-2-3-17-18(9-14)24-12-23-17/h2-3,8-9,16,22H,4-7,10-12H2,1H3/t16-/m0/s1. The first-order valence-corrected chi connectivity index (χ1v) is 8.62. The van der Waals surface area contributed by atoms with Crippen LogP contribution in [0.15, 0.2) is 28.8 Å². The Labute approximate surface area is 146 Å². The van der Waals surface area contributed by atoms with Crippen LogP contribution >= 0.6 is 0 Å². The Morgan fingerprint density at radius 2 is 1.84 bits per heavy atom. The number of β-amino-alcohol motifs (C(OH)–C–C–N with tert-alkyl or cyclic N) is 1. The molecule has 7 heteroatoms. The first-order chi connectivity index (χ1) is 12.2. The van der Waals surface area contributed by atoms with E-state index >= 15 is 0 Å². The highest BCUT2D eigenvalue weighted by Crippen LogP contribution is 2.34. The van der Waals surface area contributed by atoms with Gasteiger partial charge in [-0.1, -0.05) is 11.2 Å². The van der Waals surface area contributed by atoms with Crippen LogP contribution < -0.4 is 9.47 Å². The van der Waals surface area contributed by atoms with E-state index in [-0.39, 0.29) is 6.79 Å². The predicted molar refractivity (Wildman–Crippen MR) is 90.5 cm³/mol. The van der Waals surface area contributed by atoms with Gasteiger partial charge in [-0.25, -0.2) is 0 Å². The van der Waals surface area contributed by atoms with Crippen LogP contribution in [0.3, 0.4) is 0 Å². The van der Waals surface area contributed by atoms with Gasteiger partial charge in [-0.05, 0) is 24.6 Å². The van der Waals surface area contributed by atoms with E-state index in [4.69, 9.17) is 14.0 Å². The van der Waals surface area contributed by atoms with E-state index < -0.39 is 6.10 Å². The minimum Gasteiger partial charge on any atom is -0.454 e. The molecule has 1 aromatic carbocycles. The molecule has 2 aromatic rings. The molecule has 134 valence electrons. The van der Waals surface area contributed by atoms with E-state index in [1.165, 1.54) is 0 Å². The van der Waals surface area contributed by atoms with Gasteiger partial charge in [0.05, 0.1) is 11.8 Å². The third-order valence-corrected chi connectivity index (χ3v) is 4.74. The van der Waals surface area contributed by atoms with Gasteiger partial charge in [-0.3, -0.25) is 9.80 Å². The van der Waals surface area contributed by atoms with Crippen LogP contribution in [0, 0.1) is 6.92 Å². The van der Waals surface area contributed by atoms with E-state index in [2.05, 4.69) is 15.0 Å². The van der Waals surface area contributed by atoms with Gasteiger partial charge in [-0.15, -0.1) is 0 Å². The summed E-state index contributed by atoms with van der Waals surface area (Å²) < 4.78 is 15.8. The van der Waals surface area contributed by atoms with Crippen molar-refractivity contribution >= 4 is 0 Å². The average Bonchev–Trinajstić information content (AvgIpc) is 3.24. The molecule has 2 aliphatic heterocycles. The summed E-state index contributed by atoms with van der Waals surface area (Å²) in [6.45, 7) is 7.37. The molecular formula is C18H23N3O4. The average molecular weight is 345 g/mol. The molecule has 0 amide bonds. The number of piperazine rings is 1. The topological polar surface area (TPSA) is 71.2 Å². The molecule has 0 saturated carbocycles. The second-order valence-electron chi connectivity index (χ2n) is 6.63. The smallest absolute Gasteiger partial charge is 0.231 e. The maximum atomic E-state index is 10.5. The summed E-state index contributed by atoms with van der Waals surface area (Å²) in [7, 11) is 0. The maximum absolute atomic E-state index is 10.5. The molecule has 4 rings (SSSR count). The van der Waals surface area contributed by atoms with Crippen molar-refractivity contribution in [2.45, 2.75) is 19.6 Å². The number of benzene rings is 1. The summed E-state index contributed by atoms with van der Waals surface area (Å²) >= 11 is 0. The predicted octanol–water partition coefficient (Wildman–Crippen LogP) is 1.56. The molecule has 25 heavy (non-hydrogen) atoms. The Balaban J connectivity index is 1.28. The number of ether oxygens (including phenoxy) is 2. The molecule has 2 aliphatic rings. The molecule has 0 radical (unpaired) electrons. The molecule has 1 aromatic heterocycles. The molecule has 1 fully saturated rings. The summed E-state index contributed by atoms with van der Waals surface area (Å²) in [6.07, 6.45) is -0.528. The Morgan fingerprint density at radius 1 is 1.08 bits per heavy atom. The molecular weight excluding hydrogens is 322 g/mol. The Bertz CT molecular complexity index is 725. The zero-order valence-electron chi connectivity index (χ0n) is 14.4. The third kappa shape index (κ3) is 3.78. The monoisotopic (exact) mass is 345 g/mol. The van der Waals surface area contributed by atoms with Gasteiger partial charge in [-0.2, -0.15) is 0 Å². The largest absolute Gasteiger partial charge is 0.454 e. The summed E-state index contributed by atoms with van der Waals surface area (Å²) in [5.41, 5.74) is 1.84. The minimum absolute atomic E-state index is 0.252. The zero-order valence-corrected chi connectivity index (χ0v) is 14.4. The quantitative estimate of drug-likeness (QED) is 0.882. The number of aliphatic hydroxyl groups is 1. The number of hydrogen-bond acceptors (Lipinski definition) is 7. The fourth-order valence-electron chi connectivity index (χ4n) is 3.32. The van der Waals surface area contributed by atoms with Crippen LogP contribution in [0.25, 0.3) is 0 Å². The van der Waals surface area contributed by atoms with Crippen LogP contribution in [0.2, 0.25) is 0 Å². The minimum atomic E-state index is -0.528. The van der Waals surface area contributed by atoms with Crippen molar-refractivity contribution in [1.29, 1.82) is 0 Å². The van der Waals surface area contributed by atoms with E-state index in [1.54, 1.807) is 0 Å². The molecule has 1 atom stereocenters. The lowest BCUT2D eigenvalue weighted by Gasteiger charge is -2.35. The second-order valence-corrected chi connectivity index (χ2v) is 6.63. The number of hydrogen-bond donors (Lipinski definition) is 1. The van der Waals surface area contributed by atoms with Crippen molar-refractivity contribution in [1.82, 2.24) is 15.0 Å². The highest BCUT2D eigenvalue weighted by molar-refractivity contribution is 5.45. The van der Waals surface area contributed by atoms with E-state index in [0.29, 0.717) is 12.3 Å². The molecule has 0 unspecified atom stereocenters. The molecule has 7 nitrogen and oxygen atoms in total. The first kappa shape index (κ1) is 16.4. The van der Waals surface area contributed by atoms with Crippen molar-refractivity contribution in [2.24, 2.45) is 0 Å². The van der Waals surface area contributed by atoms with E-state index in [9.17, 15) is 5.11 Å². The van der Waals surface area contributed by atoms with Gasteiger partial charge in [0.15, 0.2) is 11.5 Å². The van der Waals surface area contributed by atoms with Crippen molar-refractivity contribution in [2.75, 3.05) is 39.5 Å². The number of aromatic nitrogens is 1. The SMILES string of the molecule is Cc1cc(CN2CCN(C[C@H](O)c3ccc4c(c3)OCO4)CC2)no1. The lowest BCUT2D eigenvalue weighted by Crippen LogP contribution is -2.47. The van der Waals surface area contributed by atoms with Gasteiger partial charge in [0.2, 0.25) is 6.79 Å². The third-order valence-electron chi connectivity index (χ3n) is 4.74. The Kier molecular flexibility index (Phi) is 4.61. The molecule has 0 spiro atoms. The number of aryl methyl sites for hydroxylation is 1. The maximum Gasteiger partial charge on any atom is 0.231 e. The first-order valence-electron chi connectivity index (χ1n) is 8.62. The molecule has 1 N–H and O–H groups in total. The van der Waals surface area contributed by atoms with E-state index in [1.807, 2.05) is 31.2 Å². The molecule has 0 aliphatic carbocycles. The summed E-state index contributed by atoms with van der Waals surface area (Å²) in [4.78, 5) is 4.65. The van der Waals surface area contributed by atoms with Gasteiger partial charge in [0, 0.05) is 45.3 Å². The lowest BCUT2D eigenvalue weighted by molar-refractivity contribution is 0.0692. The number of fused-ring (bicyclic) bond motifs is 1. The summed E-state index contributed by atoms with van der Waals surface area (Å²) in [5, 5.41) is 14.6. The van der Waals surface area contributed by atoms with Crippen molar-refractivity contribution < 1.29 is 19.1 Å².